The van der Waals surface area contributed by atoms with Crippen LogP contribution in [-0.2, 0) is 0 Å². The van der Waals surface area contributed by atoms with E-state index in [1.54, 1.807) is 10.6 Å². The molecule has 1 aliphatic heterocycles. The molecule has 2 rings (SSSR count). The molecular formula is C9H8N2S. The van der Waals surface area contributed by atoms with Crippen molar-refractivity contribution in [3.63, 3.8) is 0 Å². The average Bonchev–Trinajstić information content (AvgIpc) is 2.29. The first-order chi connectivity index (χ1) is 5.88. The summed E-state index contributed by atoms with van der Waals surface area (Å²) in [4.78, 5) is 0. The number of nitrogens with zero attached hydrogens (tertiary/aromatic N) is 2. The largest absolute Gasteiger partial charge is 0.209 e. The minimum atomic E-state index is 1.01. The Morgan fingerprint density at radius 2 is 2.08 bits per heavy atom. The zero-order valence-corrected chi connectivity index (χ0v) is 7.28. The number of allylic oxidation sites excluding steroid dienone is 1. The van der Waals surface area contributed by atoms with Crippen LogP contribution in [0.5, 0.6) is 0 Å². The van der Waals surface area contributed by atoms with Crippen molar-refractivity contribution in [1.29, 1.82) is 0 Å². The summed E-state index contributed by atoms with van der Waals surface area (Å²) in [6, 6.07) is 7.98. The molecular weight excluding hydrogens is 168 g/mol. The van der Waals surface area contributed by atoms with Crippen LogP contribution in [0.3, 0.4) is 0 Å². The molecule has 0 aromatic heterocycles. The summed E-state index contributed by atoms with van der Waals surface area (Å²) < 4.78 is 1.56. The molecule has 0 N–H and O–H groups in total. The normalized spacial score (nSPS) is 14.2. The Morgan fingerprint density at radius 1 is 1.25 bits per heavy atom. The van der Waals surface area contributed by atoms with Crippen LogP contribution in [0.1, 0.15) is 5.56 Å². The summed E-state index contributed by atoms with van der Waals surface area (Å²) in [6.07, 6.45) is 5.62. The Kier molecular flexibility index (Phi) is 1.87. The lowest BCUT2D eigenvalue weighted by Crippen LogP contribution is -2.00. The maximum Gasteiger partial charge on any atom is 0.0792 e. The molecule has 0 atom stereocenters. The van der Waals surface area contributed by atoms with Gasteiger partial charge in [-0.25, -0.2) is 4.41 Å². The number of hydrogen-bond donors (Lipinski definition) is 1. The third-order valence-electron chi connectivity index (χ3n) is 1.69. The number of rotatable bonds is 0. The van der Waals surface area contributed by atoms with Gasteiger partial charge in [-0.3, -0.25) is 0 Å². The molecule has 2 nitrogen and oxygen atoms in total. The molecule has 1 heterocycles. The number of thiol groups is 1. The third kappa shape index (κ3) is 1.23. The van der Waals surface area contributed by atoms with E-state index in [4.69, 9.17) is 0 Å². The fourth-order valence-electron chi connectivity index (χ4n) is 1.12. The third-order valence-corrected chi connectivity index (χ3v) is 2.01. The zero-order valence-electron chi connectivity index (χ0n) is 6.38. The molecule has 3 heteroatoms. The highest BCUT2D eigenvalue weighted by Gasteiger charge is 2.04. The van der Waals surface area contributed by atoms with Crippen LogP contribution < -0.4 is 4.41 Å². The van der Waals surface area contributed by atoms with Gasteiger partial charge in [0, 0.05) is 11.8 Å². The van der Waals surface area contributed by atoms with E-state index < -0.39 is 0 Å². The highest BCUT2D eigenvalue weighted by atomic mass is 32.1. The van der Waals surface area contributed by atoms with Crippen LogP contribution in [-0.4, -0.2) is 6.21 Å². The maximum atomic E-state index is 4.20. The van der Waals surface area contributed by atoms with Gasteiger partial charge in [-0.05, 0) is 25.0 Å². The van der Waals surface area contributed by atoms with Gasteiger partial charge in [-0.2, -0.15) is 5.10 Å². The van der Waals surface area contributed by atoms with Gasteiger partial charge in [0.25, 0.3) is 0 Å². The molecule has 1 aliphatic rings. The lowest BCUT2D eigenvalue weighted by Gasteiger charge is -2.11. The first-order valence-electron chi connectivity index (χ1n) is 3.66. The van der Waals surface area contributed by atoms with E-state index in [2.05, 4.69) is 17.9 Å². The van der Waals surface area contributed by atoms with Crippen molar-refractivity contribution in [2.24, 2.45) is 5.10 Å². The molecule has 1 aromatic rings. The molecule has 0 spiro atoms. The first kappa shape index (κ1) is 7.43. The molecule has 0 fully saturated rings. The number of hydrazone groups is 1. The van der Waals surface area contributed by atoms with E-state index in [0.29, 0.717) is 0 Å². The van der Waals surface area contributed by atoms with E-state index in [-0.39, 0.29) is 0 Å². The SMILES string of the molecule is SN1N=CC=Cc2ccccc21. The van der Waals surface area contributed by atoms with Crippen LogP contribution in [0.4, 0.5) is 5.69 Å². The van der Waals surface area contributed by atoms with Gasteiger partial charge < -0.3 is 0 Å². The number of fused-ring (bicyclic) bond motifs is 1. The van der Waals surface area contributed by atoms with E-state index in [0.717, 1.165) is 11.3 Å². The number of hydrogen-bond acceptors (Lipinski definition) is 3. The Bertz CT molecular complexity index is 344. The van der Waals surface area contributed by atoms with Crippen molar-refractivity contribution in [2.75, 3.05) is 4.41 Å². The van der Waals surface area contributed by atoms with Crippen LogP contribution >= 0.6 is 12.8 Å². The highest BCUT2D eigenvalue weighted by Crippen LogP contribution is 2.24. The molecule has 0 aliphatic carbocycles. The average molecular weight is 176 g/mol. The molecule has 0 amide bonds. The van der Waals surface area contributed by atoms with Crippen molar-refractivity contribution in [3.05, 3.63) is 35.9 Å². The topological polar surface area (TPSA) is 15.6 Å². The van der Waals surface area contributed by atoms with Crippen molar-refractivity contribution >= 4 is 30.8 Å². The van der Waals surface area contributed by atoms with Gasteiger partial charge in [0.2, 0.25) is 0 Å². The Labute approximate surface area is 76.7 Å². The van der Waals surface area contributed by atoms with E-state index in [9.17, 15) is 0 Å². The lowest BCUT2D eigenvalue weighted by atomic mass is 10.2. The van der Waals surface area contributed by atoms with E-state index in [1.165, 1.54) is 0 Å². The Hall–Kier alpha value is -1.22. The zero-order chi connectivity index (χ0) is 8.39. The second kappa shape index (κ2) is 3.03. The first-order valence-corrected chi connectivity index (χ1v) is 4.06. The van der Waals surface area contributed by atoms with Crippen molar-refractivity contribution in [2.45, 2.75) is 0 Å². The van der Waals surface area contributed by atoms with Crippen LogP contribution in [0.2, 0.25) is 0 Å². The quantitative estimate of drug-likeness (QED) is 0.600. The smallest absolute Gasteiger partial charge is 0.0792 e. The van der Waals surface area contributed by atoms with Crippen LogP contribution in [0.25, 0.3) is 6.08 Å². The molecule has 60 valence electrons. The Balaban J connectivity index is 2.56. The fraction of sp³-hybridized carbons (Fsp3) is 0. The van der Waals surface area contributed by atoms with Gasteiger partial charge in [0.15, 0.2) is 0 Å². The Morgan fingerprint density at radius 3 is 3.00 bits per heavy atom. The molecule has 0 radical (unpaired) electrons. The summed E-state index contributed by atoms with van der Waals surface area (Å²) in [5.74, 6) is 0. The predicted octanol–water partition coefficient (Wildman–Crippen LogP) is 2.35. The van der Waals surface area contributed by atoms with Crippen LogP contribution in [0, 0.1) is 0 Å². The standard InChI is InChI=1S/C9H8N2S/c12-11-9-6-2-1-4-8(9)5-3-7-10-11/h1-7,12H. The van der Waals surface area contributed by atoms with Crippen molar-refractivity contribution in [3.8, 4) is 0 Å². The van der Waals surface area contributed by atoms with Gasteiger partial charge in [-0.1, -0.05) is 24.3 Å². The molecule has 0 saturated heterocycles. The van der Waals surface area contributed by atoms with Crippen LogP contribution in [0.15, 0.2) is 35.4 Å². The molecule has 0 saturated carbocycles. The number of para-hydroxylation sites is 1. The van der Waals surface area contributed by atoms with Gasteiger partial charge >= 0.3 is 0 Å². The molecule has 0 bridgehead atoms. The van der Waals surface area contributed by atoms with E-state index >= 15 is 0 Å². The van der Waals surface area contributed by atoms with Gasteiger partial charge in [-0.15, -0.1) is 0 Å². The molecule has 12 heavy (non-hydrogen) atoms. The second-order valence-electron chi connectivity index (χ2n) is 2.47. The van der Waals surface area contributed by atoms with Crippen molar-refractivity contribution < 1.29 is 0 Å². The maximum absolute atomic E-state index is 4.20. The second-order valence-corrected chi connectivity index (χ2v) is 2.85. The highest BCUT2D eigenvalue weighted by molar-refractivity contribution is 7.81. The summed E-state index contributed by atoms with van der Waals surface area (Å²) in [5.41, 5.74) is 2.14. The van der Waals surface area contributed by atoms with Crippen molar-refractivity contribution in [1.82, 2.24) is 0 Å². The lowest BCUT2D eigenvalue weighted by molar-refractivity contribution is 1.22. The minimum Gasteiger partial charge on any atom is -0.209 e. The summed E-state index contributed by atoms with van der Waals surface area (Å²) in [5, 5.41) is 4.05. The molecule has 0 unspecified atom stereocenters. The minimum absolute atomic E-state index is 1.01. The summed E-state index contributed by atoms with van der Waals surface area (Å²) in [6.45, 7) is 0. The summed E-state index contributed by atoms with van der Waals surface area (Å²) in [7, 11) is 0. The molecule has 1 aromatic carbocycles. The van der Waals surface area contributed by atoms with Gasteiger partial charge in [0.05, 0.1) is 5.69 Å². The van der Waals surface area contributed by atoms with Gasteiger partial charge in [0.1, 0.15) is 0 Å². The summed E-state index contributed by atoms with van der Waals surface area (Å²) >= 11 is 4.20. The van der Waals surface area contributed by atoms with E-state index in [1.807, 2.05) is 36.4 Å². The number of anilines is 1. The monoisotopic (exact) mass is 176 g/mol. The fourth-order valence-corrected chi connectivity index (χ4v) is 1.36. The predicted molar refractivity (Wildman–Crippen MR) is 55.4 cm³/mol. The number of benzene rings is 1.